The van der Waals surface area contributed by atoms with Crippen LogP contribution in [0.4, 0.5) is 0 Å². The molecule has 1 amide bonds. The molecule has 10 heteroatoms. The van der Waals surface area contributed by atoms with Crippen LogP contribution in [0.3, 0.4) is 0 Å². The lowest BCUT2D eigenvalue weighted by Crippen LogP contribution is -2.28. The van der Waals surface area contributed by atoms with E-state index in [1.54, 1.807) is 23.7 Å². The molecule has 0 unspecified atom stereocenters. The number of nitrogens with one attached hydrogen (secondary N) is 2. The number of aromatic nitrogens is 4. The predicted octanol–water partition coefficient (Wildman–Crippen LogP) is 0.607. The highest BCUT2D eigenvalue weighted by Crippen LogP contribution is 2.22. The molecular weight excluding hydrogens is 362 g/mol. The van der Waals surface area contributed by atoms with E-state index in [4.69, 9.17) is 11.1 Å². The molecule has 0 spiro atoms. The molecule has 0 aliphatic heterocycles. The van der Waals surface area contributed by atoms with Crippen molar-refractivity contribution in [2.75, 3.05) is 13.7 Å². The first kappa shape index (κ1) is 19.0. The standard InChI is InChI=1S/C18H19N7O3/c1-25-16(11-5-3-10(4-6-11)14(19)20)23-12-9-22-15(24-17(12)25)18(27)21-8-7-13(26)28-2/h3-6,9H,7-8H2,1-2H3,(H3,19,20)(H,21,27). The van der Waals surface area contributed by atoms with Gasteiger partial charge in [-0.05, 0) is 0 Å². The Labute approximate surface area is 160 Å². The minimum atomic E-state index is -0.487. The Hall–Kier alpha value is -3.82. The third kappa shape index (κ3) is 3.80. The van der Waals surface area contributed by atoms with Crippen molar-refractivity contribution >= 4 is 28.9 Å². The number of hydrogen-bond donors (Lipinski definition) is 3. The molecule has 0 saturated heterocycles. The van der Waals surface area contributed by atoms with Crippen molar-refractivity contribution in [2.45, 2.75) is 6.42 Å². The second kappa shape index (κ2) is 7.82. The number of methoxy groups -OCH3 is 1. The highest BCUT2D eigenvalue weighted by atomic mass is 16.5. The summed E-state index contributed by atoms with van der Waals surface area (Å²) >= 11 is 0. The zero-order chi connectivity index (χ0) is 20.3. The molecule has 0 atom stereocenters. The molecule has 3 aromatic rings. The zero-order valence-corrected chi connectivity index (χ0v) is 15.4. The first-order valence-corrected chi connectivity index (χ1v) is 8.40. The van der Waals surface area contributed by atoms with Crippen molar-refractivity contribution in [3.8, 4) is 11.4 Å². The molecule has 0 saturated carbocycles. The van der Waals surface area contributed by atoms with Crippen molar-refractivity contribution in [1.29, 1.82) is 5.41 Å². The maximum absolute atomic E-state index is 12.2. The van der Waals surface area contributed by atoms with Crippen LogP contribution in [-0.2, 0) is 16.6 Å². The lowest BCUT2D eigenvalue weighted by atomic mass is 10.1. The third-order valence-electron chi connectivity index (χ3n) is 4.11. The summed E-state index contributed by atoms with van der Waals surface area (Å²) in [6.07, 6.45) is 1.54. The van der Waals surface area contributed by atoms with Crippen molar-refractivity contribution in [3.63, 3.8) is 0 Å². The van der Waals surface area contributed by atoms with E-state index in [0.29, 0.717) is 22.6 Å². The summed E-state index contributed by atoms with van der Waals surface area (Å²) in [6.45, 7) is 0.131. The van der Waals surface area contributed by atoms with Crippen LogP contribution in [0.25, 0.3) is 22.6 Å². The Balaban J connectivity index is 1.85. The average Bonchev–Trinajstić information content (AvgIpc) is 3.03. The Morgan fingerprint density at radius 3 is 2.61 bits per heavy atom. The van der Waals surface area contributed by atoms with Crippen LogP contribution >= 0.6 is 0 Å². The molecule has 144 valence electrons. The number of esters is 1. The van der Waals surface area contributed by atoms with Crippen LogP contribution in [0.2, 0.25) is 0 Å². The Bertz CT molecular complexity index is 1060. The van der Waals surface area contributed by atoms with Crippen molar-refractivity contribution in [1.82, 2.24) is 24.8 Å². The molecular formula is C18H19N7O3. The number of amidine groups is 1. The Morgan fingerprint density at radius 1 is 1.25 bits per heavy atom. The fourth-order valence-electron chi connectivity index (χ4n) is 2.61. The largest absolute Gasteiger partial charge is 0.469 e. The minimum Gasteiger partial charge on any atom is -0.469 e. The molecule has 2 heterocycles. The summed E-state index contributed by atoms with van der Waals surface area (Å²) in [7, 11) is 3.07. The van der Waals surface area contributed by atoms with Crippen molar-refractivity contribution in [3.05, 3.63) is 41.9 Å². The first-order chi connectivity index (χ1) is 13.4. The van der Waals surface area contributed by atoms with E-state index in [-0.39, 0.29) is 24.6 Å². The van der Waals surface area contributed by atoms with Gasteiger partial charge in [0.25, 0.3) is 5.91 Å². The fraction of sp³-hybridized carbons (Fsp3) is 0.222. The quantitative estimate of drug-likeness (QED) is 0.322. The van der Waals surface area contributed by atoms with Crippen LogP contribution in [0.15, 0.2) is 30.5 Å². The third-order valence-corrected chi connectivity index (χ3v) is 4.11. The molecule has 0 bridgehead atoms. The van der Waals surface area contributed by atoms with Gasteiger partial charge in [-0.15, -0.1) is 0 Å². The van der Waals surface area contributed by atoms with E-state index in [9.17, 15) is 9.59 Å². The second-order valence-corrected chi connectivity index (χ2v) is 5.97. The summed E-state index contributed by atoms with van der Waals surface area (Å²) in [5.41, 5.74) is 7.95. The topological polar surface area (TPSA) is 149 Å². The number of nitrogen functional groups attached to an aromatic ring is 1. The molecule has 28 heavy (non-hydrogen) atoms. The molecule has 3 rings (SSSR count). The number of nitrogens with zero attached hydrogens (tertiary/aromatic N) is 4. The molecule has 0 fully saturated rings. The van der Waals surface area contributed by atoms with Crippen LogP contribution in [0.1, 0.15) is 22.6 Å². The Kier molecular flexibility index (Phi) is 5.30. The average molecular weight is 381 g/mol. The second-order valence-electron chi connectivity index (χ2n) is 5.97. The van der Waals surface area contributed by atoms with E-state index in [1.807, 2.05) is 12.1 Å². The molecule has 0 radical (unpaired) electrons. The highest BCUT2D eigenvalue weighted by molar-refractivity contribution is 5.95. The van der Waals surface area contributed by atoms with Gasteiger partial charge >= 0.3 is 5.97 Å². The molecule has 0 aliphatic rings. The van der Waals surface area contributed by atoms with Gasteiger partial charge in [0.1, 0.15) is 17.2 Å². The normalized spacial score (nSPS) is 10.6. The van der Waals surface area contributed by atoms with Gasteiger partial charge in [-0.25, -0.2) is 15.0 Å². The van der Waals surface area contributed by atoms with Crippen LogP contribution < -0.4 is 11.1 Å². The van der Waals surface area contributed by atoms with Gasteiger partial charge in [0.15, 0.2) is 5.65 Å². The summed E-state index contributed by atoms with van der Waals surface area (Å²) in [5, 5.41) is 10.0. The zero-order valence-electron chi connectivity index (χ0n) is 15.4. The van der Waals surface area contributed by atoms with Crippen LogP contribution in [0, 0.1) is 5.41 Å². The lowest BCUT2D eigenvalue weighted by Gasteiger charge is -2.05. The number of imidazole rings is 1. The lowest BCUT2D eigenvalue weighted by molar-refractivity contribution is -0.140. The number of fused-ring (bicyclic) bond motifs is 1. The number of amides is 1. The van der Waals surface area contributed by atoms with Crippen molar-refractivity contribution in [2.24, 2.45) is 12.8 Å². The Morgan fingerprint density at radius 2 is 1.96 bits per heavy atom. The van der Waals surface area contributed by atoms with Gasteiger partial charge in [-0.1, -0.05) is 24.3 Å². The first-order valence-electron chi connectivity index (χ1n) is 8.40. The van der Waals surface area contributed by atoms with Gasteiger partial charge in [0.2, 0.25) is 5.82 Å². The number of nitrogens with two attached hydrogens (primary N) is 1. The monoisotopic (exact) mass is 381 g/mol. The molecule has 4 N–H and O–H groups in total. The molecule has 10 nitrogen and oxygen atoms in total. The van der Waals surface area contributed by atoms with Gasteiger partial charge in [-0.3, -0.25) is 15.0 Å². The highest BCUT2D eigenvalue weighted by Gasteiger charge is 2.16. The smallest absolute Gasteiger partial charge is 0.307 e. The summed E-state index contributed by atoms with van der Waals surface area (Å²) in [4.78, 5) is 36.2. The number of benzene rings is 1. The summed E-state index contributed by atoms with van der Waals surface area (Å²) in [6, 6.07) is 7.10. The number of rotatable bonds is 6. The SMILES string of the molecule is COC(=O)CCNC(=O)c1ncc2nc(-c3ccc(C(=N)N)cc3)n(C)c2n1. The van der Waals surface area contributed by atoms with E-state index in [1.165, 1.54) is 13.3 Å². The predicted molar refractivity (Wildman–Crippen MR) is 102 cm³/mol. The molecule has 0 aliphatic carbocycles. The number of ether oxygens (including phenoxy) is 1. The maximum atomic E-state index is 12.2. The number of carbonyl (C=O) groups is 2. The van der Waals surface area contributed by atoms with Crippen LogP contribution in [-0.4, -0.2) is 50.9 Å². The van der Waals surface area contributed by atoms with Crippen LogP contribution in [0.5, 0.6) is 0 Å². The van der Waals surface area contributed by atoms with Gasteiger partial charge in [0, 0.05) is 24.7 Å². The van der Waals surface area contributed by atoms with Gasteiger partial charge in [-0.2, -0.15) is 0 Å². The number of carbonyl (C=O) groups excluding carboxylic acids is 2. The number of hydrogen-bond acceptors (Lipinski definition) is 7. The van der Waals surface area contributed by atoms with E-state index < -0.39 is 11.9 Å². The fourth-order valence-corrected chi connectivity index (χ4v) is 2.61. The van der Waals surface area contributed by atoms with E-state index >= 15 is 0 Å². The van der Waals surface area contributed by atoms with E-state index in [0.717, 1.165) is 5.56 Å². The minimum absolute atomic E-state index is 0.00901. The van der Waals surface area contributed by atoms with Gasteiger partial charge < -0.3 is 20.4 Å². The summed E-state index contributed by atoms with van der Waals surface area (Å²) < 4.78 is 6.28. The summed E-state index contributed by atoms with van der Waals surface area (Å²) in [5.74, 6) is -0.283. The molecule has 1 aromatic carbocycles. The maximum Gasteiger partial charge on any atom is 0.307 e. The van der Waals surface area contributed by atoms with E-state index in [2.05, 4.69) is 25.0 Å². The van der Waals surface area contributed by atoms with Crippen molar-refractivity contribution < 1.29 is 14.3 Å². The molecule has 2 aromatic heterocycles. The number of aryl methyl sites for hydroxylation is 1. The van der Waals surface area contributed by atoms with Gasteiger partial charge in [0.05, 0.1) is 19.7 Å².